The number of imidazole rings is 1. The van der Waals surface area contributed by atoms with Gasteiger partial charge in [-0.25, -0.2) is 4.98 Å². The Hall–Kier alpha value is -3.31. The maximum atomic E-state index is 13.0. The number of amides is 1. The van der Waals surface area contributed by atoms with Crippen LogP contribution >= 0.6 is 11.6 Å². The number of carbonyl (C=O) groups excluding carboxylic acids is 1. The molecule has 1 aromatic heterocycles. The molecule has 1 unspecified atom stereocenters. The van der Waals surface area contributed by atoms with Crippen LogP contribution in [0, 0.1) is 13.8 Å². The number of aromatic nitrogens is 2. The molecule has 0 bridgehead atoms. The van der Waals surface area contributed by atoms with Crippen molar-refractivity contribution < 1.29 is 9.53 Å². The number of fused-ring (bicyclic) bond motifs is 1. The minimum atomic E-state index is -0.236. The van der Waals surface area contributed by atoms with Crippen LogP contribution in [0.25, 0.3) is 11.0 Å². The summed E-state index contributed by atoms with van der Waals surface area (Å²) in [6.45, 7) is 7.35. The van der Waals surface area contributed by atoms with Gasteiger partial charge in [0.15, 0.2) is 0 Å². The second-order valence-electron chi connectivity index (χ2n) is 8.61. The number of carbonyl (C=O) groups is 1. The number of para-hydroxylation sites is 3. The van der Waals surface area contributed by atoms with E-state index in [9.17, 15) is 4.79 Å². The fourth-order valence-corrected chi connectivity index (χ4v) is 4.37. The summed E-state index contributed by atoms with van der Waals surface area (Å²) in [5, 5.41) is 3.77. The number of aryl methyl sites for hydroxylation is 3. The van der Waals surface area contributed by atoms with Crippen LogP contribution in [0.3, 0.4) is 0 Å². The van der Waals surface area contributed by atoms with Gasteiger partial charge in [-0.05, 0) is 69.5 Å². The summed E-state index contributed by atoms with van der Waals surface area (Å²) in [7, 11) is 0. The SMILES string of the molecule is Cc1ccc(C(=O)NC(C)c2nc3ccccc3n2CCCCOc2ccccc2Cl)c(C)c1. The molecule has 3 aromatic carbocycles. The van der Waals surface area contributed by atoms with Gasteiger partial charge in [0.1, 0.15) is 11.6 Å². The molecular weight excluding hydrogens is 446 g/mol. The molecule has 176 valence electrons. The largest absolute Gasteiger partial charge is 0.492 e. The van der Waals surface area contributed by atoms with E-state index in [0.29, 0.717) is 22.9 Å². The third-order valence-electron chi connectivity index (χ3n) is 5.92. The van der Waals surface area contributed by atoms with Crippen molar-refractivity contribution in [1.82, 2.24) is 14.9 Å². The van der Waals surface area contributed by atoms with Crippen LogP contribution in [0.2, 0.25) is 5.02 Å². The lowest BCUT2D eigenvalue weighted by Gasteiger charge is -2.17. The number of unbranched alkanes of at least 4 members (excludes halogenated alkanes) is 1. The Morgan fingerprint density at radius 1 is 1.06 bits per heavy atom. The van der Waals surface area contributed by atoms with Crippen molar-refractivity contribution in [3.05, 3.63) is 94.3 Å². The number of nitrogens with one attached hydrogen (secondary N) is 1. The Morgan fingerprint density at radius 2 is 1.82 bits per heavy atom. The molecule has 0 aliphatic rings. The van der Waals surface area contributed by atoms with E-state index in [1.807, 2.05) is 81.4 Å². The minimum absolute atomic E-state index is 0.0863. The highest BCUT2D eigenvalue weighted by molar-refractivity contribution is 6.32. The molecule has 0 aliphatic carbocycles. The van der Waals surface area contributed by atoms with E-state index in [1.54, 1.807) is 0 Å². The lowest BCUT2D eigenvalue weighted by atomic mass is 10.0. The zero-order chi connectivity index (χ0) is 24.1. The average molecular weight is 476 g/mol. The number of hydrogen-bond donors (Lipinski definition) is 1. The molecular formula is C28H30ClN3O2. The molecule has 0 saturated carbocycles. The summed E-state index contributed by atoms with van der Waals surface area (Å²) in [5.74, 6) is 1.48. The summed E-state index contributed by atoms with van der Waals surface area (Å²) in [6.07, 6.45) is 1.79. The Balaban J connectivity index is 1.45. The van der Waals surface area contributed by atoms with Gasteiger partial charge in [-0.2, -0.15) is 0 Å². The van der Waals surface area contributed by atoms with Crippen LogP contribution in [0.1, 0.15) is 53.1 Å². The molecule has 6 heteroatoms. The maximum Gasteiger partial charge on any atom is 0.252 e. The molecule has 0 saturated heterocycles. The second kappa shape index (κ2) is 10.7. The van der Waals surface area contributed by atoms with Gasteiger partial charge in [-0.3, -0.25) is 4.79 Å². The van der Waals surface area contributed by atoms with Crippen LogP contribution in [-0.2, 0) is 6.54 Å². The first-order chi connectivity index (χ1) is 16.4. The van der Waals surface area contributed by atoms with E-state index in [2.05, 4.69) is 16.0 Å². The van der Waals surface area contributed by atoms with Crippen LogP contribution in [0.5, 0.6) is 5.75 Å². The van der Waals surface area contributed by atoms with Crippen molar-refractivity contribution in [1.29, 1.82) is 0 Å². The third kappa shape index (κ3) is 5.42. The lowest BCUT2D eigenvalue weighted by molar-refractivity contribution is 0.0937. The first kappa shape index (κ1) is 23.8. The topological polar surface area (TPSA) is 56.2 Å². The normalized spacial score (nSPS) is 12.0. The van der Waals surface area contributed by atoms with Gasteiger partial charge in [0, 0.05) is 12.1 Å². The van der Waals surface area contributed by atoms with Gasteiger partial charge in [0.25, 0.3) is 5.91 Å². The van der Waals surface area contributed by atoms with E-state index in [1.165, 1.54) is 0 Å². The van der Waals surface area contributed by atoms with E-state index in [4.69, 9.17) is 21.3 Å². The van der Waals surface area contributed by atoms with E-state index < -0.39 is 0 Å². The van der Waals surface area contributed by atoms with Gasteiger partial charge in [-0.1, -0.05) is 53.6 Å². The van der Waals surface area contributed by atoms with Crippen LogP contribution in [0.4, 0.5) is 0 Å². The molecule has 1 amide bonds. The summed E-state index contributed by atoms with van der Waals surface area (Å²) in [5.41, 5.74) is 4.80. The summed E-state index contributed by atoms with van der Waals surface area (Å²) in [4.78, 5) is 17.8. The molecule has 4 aromatic rings. The molecule has 1 atom stereocenters. The number of ether oxygens (including phenoxy) is 1. The number of halogens is 1. The fourth-order valence-electron chi connectivity index (χ4n) is 4.18. The highest BCUT2D eigenvalue weighted by Crippen LogP contribution is 2.24. The van der Waals surface area contributed by atoms with Crippen molar-refractivity contribution in [3.8, 4) is 5.75 Å². The Morgan fingerprint density at radius 3 is 2.62 bits per heavy atom. The van der Waals surface area contributed by atoms with E-state index >= 15 is 0 Å². The van der Waals surface area contributed by atoms with E-state index in [0.717, 1.165) is 47.4 Å². The van der Waals surface area contributed by atoms with Crippen molar-refractivity contribution in [2.45, 2.75) is 46.2 Å². The van der Waals surface area contributed by atoms with Crippen LogP contribution in [-0.4, -0.2) is 22.1 Å². The van der Waals surface area contributed by atoms with Crippen LogP contribution < -0.4 is 10.1 Å². The van der Waals surface area contributed by atoms with Gasteiger partial charge in [0.2, 0.25) is 0 Å². The van der Waals surface area contributed by atoms with Crippen molar-refractivity contribution in [2.24, 2.45) is 0 Å². The van der Waals surface area contributed by atoms with Crippen LogP contribution in [0.15, 0.2) is 66.7 Å². The molecule has 0 aliphatic heterocycles. The number of benzene rings is 3. The van der Waals surface area contributed by atoms with Gasteiger partial charge in [-0.15, -0.1) is 0 Å². The van der Waals surface area contributed by atoms with Gasteiger partial charge in [0.05, 0.1) is 28.7 Å². The van der Waals surface area contributed by atoms with Crippen molar-refractivity contribution >= 4 is 28.5 Å². The smallest absolute Gasteiger partial charge is 0.252 e. The third-order valence-corrected chi connectivity index (χ3v) is 6.23. The van der Waals surface area contributed by atoms with E-state index in [-0.39, 0.29) is 11.9 Å². The summed E-state index contributed by atoms with van der Waals surface area (Å²) in [6, 6.07) is 21.2. The zero-order valence-electron chi connectivity index (χ0n) is 19.8. The first-order valence-corrected chi connectivity index (χ1v) is 12.0. The predicted molar refractivity (Wildman–Crippen MR) is 138 cm³/mol. The monoisotopic (exact) mass is 475 g/mol. The average Bonchev–Trinajstić information content (AvgIpc) is 3.18. The molecule has 1 N–H and O–H groups in total. The van der Waals surface area contributed by atoms with Gasteiger partial charge >= 0.3 is 0 Å². The summed E-state index contributed by atoms with van der Waals surface area (Å²) < 4.78 is 8.03. The minimum Gasteiger partial charge on any atom is -0.492 e. The summed E-state index contributed by atoms with van der Waals surface area (Å²) >= 11 is 6.17. The molecule has 0 spiro atoms. The molecule has 4 rings (SSSR count). The number of rotatable bonds is 9. The zero-order valence-corrected chi connectivity index (χ0v) is 20.6. The number of hydrogen-bond acceptors (Lipinski definition) is 3. The lowest BCUT2D eigenvalue weighted by Crippen LogP contribution is -2.29. The Kier molecular flexibility index (Phi) is 7.53. The molecule has 34 heavy (non-hydrogen) atoms. The standard InChI is InChI=1S/C28H30ClN3O2/c1-19-14-15-22(20(2)18-19)28(33)30-21(3)27-31-24-11-5-6-12-25(24)32(27)16-8-9-17-34-26-13-7-4-10-23(26)29/h4-7,10-15,18,21H,8-9,16-17H2,1-3H3,(H,30,33). The Labute approximate surface area is 205 Å². The first-order valence-electron chi connectivity index (χ1n) is 11.6. The van der Waals surface area contributed by atoms with Gasteiger partial charge < -0.3 is 14.6 Å². The molecule has 1 heterocycles. The molecule has 5 nitrogen and oxygen atoms in total. The highest BCUT2D eigenvalue weighted by Gasteiger charge is 2.19. The van der Waals surface area contributed by atoms with Crippen molar-refractivity contribution in [3.63, 3.8) is 0 Å². The fraction of sp³-hybridized carbons (Fsp3) is 0.286. The highest BCUT2D eigenvalue weighted by atomic mass is 35.5. The maximum absolute atomic E-state index is 13.0. The molecule has 0 fully saturated rings. The Bertz CT molecular complexity index is 1300. The number of nitrogens with zero attached hydrogens (tertiary/aromatic N) is 2. The second-order valence-corrected chi connectivity index (χ2v) is 9.02. The predicted octanol–water partition coefficient (Wildman–Crippen LogP) is 6.66. The molecule has 0 radical (unpaired) electrons. The quantitative estimate of drug-likeness (QED) is 0.275. The van der Waals surface area contributed by atoms with Crippen molar-refractivity contribution in [2.75, 3.05) is 6.61 Å².